The summed E-state index contributed by atoms with van der Waals surface area (Å²) in [4.78, 5) is 12.5. The molecule has 0 saturated carbocycles. The SMILES string of the molecule is CC(C(=O)O)N(C)c1ccc(S(=O)(=O)N(C)C)c2nonc12. The fraction of sp³-hybridized carbons (Fsp3) is 0.417. The summed E-state index contributed by atoms with van der Waals surface area (Å²) in [6, 6.07) is 2.03. The minimum absolute atomic E-state index is 0.0473. The summed E-state index contributed by atoms with van der Waals surface area (Å²) < 4.78 is 30.3. The largest absolute Gasteiger partial charge is 0.480 e. The van der Waals surface area contributed by atoms with E-state index in [1.54, 1.807) is 7.05 Å². The number of carbonyl (C=O) groups is 1. The molecule has 0 aliphatic carbocycles. The smallest absolute Gasteiger partial charge is 0.326 e. The Morgan fingerprint density at radius 1 is 1.23 bits per heavy atom. The van der Waals surface area contributed by atoms with E-state index in [2.05, 4.69) is 14.9 Å². The summed E-state index contributed by atoms with van der Waals surface area (Å²) in [7, 11) is 0.663. The van der Waals surface area contributed by atoms with Crippen LogP contribution in [-0.2, 0) is 14.8 Å². The number of benzene rings is 1. The number of nitrogens with zero attached hydrogens (tertiary/aromatic N) is 4. The quantitative estimate of drug-likeness (QED) is 0.837. The summed E-state index contributed by atoms with van der Waals surface area (Å²) in [5.74, 6) is -1.02. The van der Waals surface area contributed by atoms with Crippen LogP contribution in [-0.4, -0.2) is 61.3 Å². The Hall–Kier alpha value is -2.20. The molecule has 0 aliphatic heterocycles. The summed E-state index contributed by atoms with van der Waals surface area (Å²) in [5, 5.41) is 16.4. The van der Waals surface area contributed by atoms with Crippen LogP contribution >= 0.6 is 0 Å². The third-order valence-electron chi connectivity index (χ3n) is 3.43. The molecule has 2 rings (SSSR count). The van der Waals surface area contributed by atoms with Crippen LogP contribution in [0.3, 0.4) is 0 Å². The highest BCUT2D eigenvalue weighted by atomic mass is 32.2. The normalized spacial score (nSPS) is 13.5. The van der Waals surface area contributed by atoms with Crippen molar-refractivity contribution in [2.24, 2.45) is 0 Å². The van der Waals surface area contributed by atoms with Gasteiger partial charge < -0.3 is 10.0 Å². The number of likely N-dealkylation sites (N-methyl/N-ethyl adjacent to an activating group) is 1. The molecule has 9 nitrogen and oxygen atoms in total. The van der Waals surface area contributed by atoms with Crippen LogP contribution in [0.25, 0.3) is 11.0 Å². The lowest BCUT2D eigenvalue weighted by atomic mass is 10.2. The number of anilines is 1. The zero-order valence-electron chi connectivity index (χ0n) is 12.5. The number of fused-ring (bicyclic) bond motifs is 1. The van der Waals surface area contributed by atoms with Gasteiger partial charge in [0.2, 0.25) is 10.0 Å². The Bertz CT molecular complexity index is 814. The number of aliphatic carboxylic acids is 1. The van der Waals surface area contributed by atoms with Gasteiger partial charge in [0, 0.05) is 21.1 Å². The molecule has 1 aromatic carbocycles. The molecule has 1 heterocycles. The predicted molar refractivity (Wildman–Crippen MR) is 78.2 cm³/mol. The molecular weight excluding hydrogens is 312 g/mol. The van der Waals surface area contributed by atoms with E-state index in [0.29, 0.717) is 5.69 Å². The van der Waals surface area contributed by atoms with Gasteiger partial charge in [0.1, 0.15) is 10.9 Å². The van der Waals surface area contributed by atoms with E-state index in [9.17, 15) is 13.2 Å². The van der Waals surface area contributed by atoms with Crippen molar-refractivity contribution in [1.82, 2.24) is 14.6 Å². The van der Waals surface area contributed by atoms with Gasteiger partial charge in [-0.3, -0.25) is 0 Å². The fourth-order valence-corrected chi connectivity index (χ4v) is 2.91. The van der Waals surface area contributed by atoms with Crippen LogP contribution in [0.2, 0.25) is 0 Å². The van der Waals surface area contributed by atoms with Crippen molar-refractivity contribution < 1.29 is 22.9 Å². The second-order valence-corrected chi connectivity index (χ2v) is 7.08. The molecule has 120 valence electrons. The fourth-order valence-electron chi connectivity index (χ4n) is 1.89. The van der Waals surface area contributed by atoms with Crippen molar-refractivity contribution in [3.05, 3.63) is 12.1 Å². The topological polar surface area (TPSA) is 117 Å². The maximum atomic E-state index is 12.3. The molecule has 0 bridgehead atoms. The van der Waals surface area contributed by atoms with Crippen molar-refractivity contribution in [2.75, 3.05) is 26.0 Å². The minimum atomic E-state index is -3.72. The van der Waals surface area contributed by atoms with Gasteiger partial charge in [0.25, 0.3) is 0 Å². The zero-order valence-corrected chi connectivity index (χ0v) is 13.3. The molecule has 1 N–H and O–H groups in total. The molecule has 1 unspecified atom stereocenters. The first-order valence-corrected chi connectivity index (χ1v) is 7.75. The van der Waals surface area contributed by atoms with E-state index in [0.717, 1.165) is 4.31 Å². The van der Waals surface area contributed by atoms with Gasteiger partial charge in [-0.2, -0.15) is 0 Å². The molecule has 0 aliphatic rings. The van der Waals surface area contributed by atoms with Gasteiger partial charge in [-0.1, -0.05) is 0 Å². The van der Waals surface area contributed by atoms with Gasteiger partial charge in [-0.05, 0) is 29.4 Å². The highest BCUT2D eigenvalue weighted by Crippen LogP contribution is 2.30. The standard InChI is InChI=1S/C12H16N4O5S/c1-7(12(17)18)16(4)8-5-6-9(22(19,20)15(2)3)11-10(8)13-21-14-11/h5-7H,1-4H3,(H,17,18). The average molecular weight is 328 g/mol. The van der Waals surface area contributed by atoms with Gasteiger partial charge in [-0.25, -0.2) is 22.1 Å². The van der Waals surface area contributed by atoms with E-state index in [1.165, 1.54) is 38.1 Å². The second-order valence-electron chi connectivity index (χ2n) is 4.96. The Kier molecular flexibility index (Phi) is 4.07. The Balaban J connectivity index is 2.65. The Morgan fingerprint density at radius 2 is 1.82 bits per heavy atom. The van der Waals surface area contributed by atoms with Gasteiger partial charge in [-0.15, -0.1) is 0 Å². The highest BCUT2D eigenvalue weighted by Gasteiger charge is 2.27. The van der Waals surface area contributed by atoms with E-state index in [-0.39, 0.29) is 15.9 Å². The maximum Gasteiger partial charge on any atom is 0.326 e. The van der Waals surface area contributed by atoms with Crippen LogP contribution in [0.1, 0.15) is 6.92 Å². The van der Waals surface area contributed by atoms with Gasteiger partial charge >= 0.3 is 5.97 Å². The van der Waals surface area contributed by atoms with Crippen molar-refractivity contribution in [1.29, 1.82) is 0 Å². The first-order chi connectivity index (χ1) is 10.2. The van der Waals surface area contributed by atoms with Gasteiger partial charge in [0.15, 0.2) is 11.0 Å². The zero-order chi connectivity index (χ0) is 16.7. The highest BCUT2D eigenvalue weighted by molar-refractivity contribution is 7.89. The van der Waals surface area contributed by atoms with Crippen LogP contribution in [0.15, 0.2) is 21.7 Å². The summed E-state index contributed by atoms with van der Waals surface area (Å²) >= 11 is 0. The van der Waals surface area contributed by atoms with E-state index >= 15 is 0 Å². The molecule has 1 aromatic heterocycles. The third kappa shape index (κ3) is 2.50. The first kappa shape index (κ1) is 16.2. The Labute approximate surface area is 127 Å². The maximum absolute atomic E-state index is 12.3. The van der Waals surface area contributed by atoms with Crippen molar-refractivity contribution in [2.45, 2.75) is 17.9 Å². The molecule has 0 spiro atoms. The molecule has 10 heteroatoms. The van der Waals surface area contributed by atoms with Crippen LogP contribution in [0, 0.1) is 0 Å². The molecule has 22 heavy (non-hydrogen) atoms. The number of carboxylic acid groups (broad SMARTS) is 1. The van der Waals surface area contributed by atoms with Gasteiger partial charge in [0.05, 0.1) is 5.69 Å². The monoisotopic (exact) mass is 328 g/mol. The number of rotatable bonds is 5. The summed E-state index contributed by atoms with van der Waals surface area (Å²) in [5.41, 5.74) is 0.679. The molecule has 0 radical (unpaired) electrons. The number of hydrogen-bond donors (Lipinski definition) is 1. The van der Waals surface area contributed by atoms with Crippen molar-refractivity contribution in [3.8, 4) is 0 Å². The van der Waals surface area contributed by atoms with E-state index in [4.69, 9.17) is 5.11 Å². The summed E-state index contributed by atoms with van der Waals surface area (Å²) in [6.45, 7) is 1.51. The lowest BCUT2D eigenvalue weighted by molar-refractivity contribution is -0.138. The Morgan fingerprint density at radius 3 is 2.36 bits per heavy atom. The van der Waals surface area contributed by atoms with E-state index < -0.39 is 22.0 Å². The number of hydrogen-bond acceptors (Lipinski definition) is 7. The number of aromatic nitrogens is 2. The van der Waals surface area contributed by atoms with Crippen molar-refractivity contribution >= 4 is 32.7 Å². The third-order valence-corrected chi connectivity index (χ3v) is 5.28. The lowest BCUT2D eigenvalue weighted by Gasteiger charge is -2.24. The van der Waals surface area contributed by atoms with Crippen LogP contribution in [0.5, 0.6) is 0 Å². The van der Waals surface area contributed by atoms with Crippen LogP contribution < -0.4 is 4.90 Å². The first-order valence-electron chi connectivity index (χ1n) is 6.31. The molecule has 0 amide bonds. The van der Waals surface area contributed by atoms with Crippen molar-refractivity contribution in [3.63, 3.8) is 0 Å². The molecule has 0 fully saturated rings. The average Bonchev–Trinajstić information content (AvgIpc) is 2.93. The minimum Gasteiger partial charge on any atom is -0.480 e. The lowest BCUT2D eigenvalue weighted by Crippen LogP contribution is -2.36. The number of carboxylic acids is 1. The molecular formula is C12H16N4O5S. The molecule has 1 atom stereocenters. The molecule has 2 aromatic rings. The van der Waals surface area contributed by atoms with E-state index in [1.807, 2.05) is 0 Å². The summed E-state index contributed by atoms with van der Waals surface area (Å²) in [6.07, 6.45) is 0. The van der Waals surface area contributed by atoms with Crippen LogP contribution in [0.4, 0.5) is 5.69 Å². The predicted octanol–water partition coefficient (Wildman–Crippen LogP) is 0.382. The number of sulfonamides is 1. The molecule has 0 saturated heterocycles. The second kappa shape index (κ2) is 5.54.